The normalized spacial score (nSPS) is 16.6. The molecule has 1 N–H and O–H groups in total. The van der Waals surface area contributed by atoms with Crippen LogP contribution in [0.15, 0.2) is 38.7 Å². The van der Waals surface area contributed by atoms with Crippen LogP contribution >= 0.6 is 39.0 Å². The molecule has 0 spiro atoms. The highest BCUT2D eigenvalue weighted by molar-refractivity contribution is 9.10. The number of benzene rings is 1. The third kappa shape index (κ3) is 3.52. The van der Waals surface area contributed by atoms with E-state index in [1.165, 1.54) is 22.2 Å². The van der Waals surface area contributed by atoms with E-state index in [0.717, 1.165) is 34.0 Å². The zero-order valence-corrected chi connectivity index (χ0v) is 17.4. The molecule has 1 unspecified atom stereocenters. The third-order valence-electron chi connectivity index (χ3n) is 4.65. The van der Waals surface area contributed by atoms with Gasteiger partial charge in [-0.25, -0.2) is 4.98 Å². The van der Waals surface area contributed by atoms with Gasteiger partial charge in [-0.2, -0.15) is 0 Å². The molecule has 26 heavy (non-hydrogen) atoms. The number of ketones is 1. The fourth-order valence-electron chi connectivity index (χ4n) is 3.25. The summed E-state index contributed by atoms with van der Waals surface area (Å²) in [5.41, 5.74) is 1.75. The first-order valence-electron chi connectivity index (χ1n) is 8.47. The maximum absolute atomic E-state index is 12.6. The Bertz CT molecular complexity index is 1040. The number of nitrogens with one attached hydrogen (secondary N) is 1. The quantitative estimate of drug-likeness (QED) is 0.352. The minimum Gasteiger partial charge on any atom is -0.301 e. The number of hydrogen-bond donors (Lipinski definition) is 1. The molecule has 7 heteroatoms. The van der Waals surface area contributed by atoms with E-state index >= 15 is 0 Å². The largest absolute Gasteiger partial charge is 0.301 e. The van der Waals surface area contributed by atoms with Crippen LogP contribution in [0.5, 0.6) is 0 Å². The minimum absolute atomic E-state index is 0.0181. The Hall–Kier alpha value is -1.44. The number of thiophene rings is 1. The predicted molar refractivity (Wildman–Crippen MR) is 111 cm³/mol. The summed E-state index contributed by atoms with van der Waals surface area (Å²) in [5.74, 6) is 0.926. The van der Waals surface area contributed by atoms with Crippen LogP contribution in [0.3, 0.4) is 0 Å². The number of carbonyl (C=O) groups is 1. The van der Waals surface area contributed by atoms with E-state index in [1.807, 2.05) is 12.1 Å². The van der Waals surface area contributed by atoms with Crippen molar-refractivity contribution in [2.24, 2.45) is 5.92 Å². The molecule has 0 saturated carbocycles. The van der Waals surface area contributed by atoms with Gasteiger partial charge in [0, 0.05) is 14.9 Å². The van der Waals surface area contributed by atoms with Crippen molar-refractivity contribution < 1.29 is 4.79 Å². The molecule has 0 amide bonds. The van der Waals surface area contributed by atoms with Crippen molar-refractivity contribution in [1.82, 2.24) is 9.97 Å². The lowest BCUT2D eigenvalue weighted by Gasteiger charge is -2.17. The first kappa shape index (κ1) is 17.9. The molecule has 0 radical (unpaired) electrons. The number of carbonyl (C=O) groups excluding carboxylic acids is 1. The number of aryl methyl sites for hydroxylation is 1. The molecule has 1 aliphatic carbocycles. The first-order valence-corrected chi connectivity index (χ1v) is 11.1. The van der Waals surface area contributed by atoms with Crippen LogP contribution in [-0.2, 0) is 12.8 Å². The van der Waals surface area contributed by atoms with E-state index in [-0.39, 0.29) is 17.1 Å². The molecule has 3 aromatic rings. The van der Waals surface area contributed by atoms with Gasteiger partial charge in [-0.15, -0.1) is 11.3 Å². The number of rotatable bonds is 4. The standard InChI is InChI=1S/C19H17BrN2O2S2/c1-10-2-7-13-15(8-10)26-18-16(13)17(24)21-19(22-18)25-9-14(23)11-3-5-12(20)6-4-11/h3-6,10H,2,7-9H2,1H3,(H,21,22,24). The van der Waals surface area contributed by atoms with Gasteiger partial charge in [0.1, 0.15) is 4.83 Å². The number of hydrogen-bond acceptors (Lipinski definition) is 5. The van der Waals surface area contributed by atoms with Crippen molar-refractivity contribution in [3.8, 4) is 0 Å². The Morgan fingerprint density at radius 3 is 2.92 bits per heavy atom. The Morgan fingerprint density at radius 1 is 1.38 bits per heavy atom. The van der Waals surface area contributed by atoms with Gasteiger partial charge in [-0.1, -0.05) is 46.7 Å². The average Bonchev–Trinajstić information content (AvgIpc) is 2.98. The van der Waals surface area contributed by atoms with Gasteiger partial charge in [0.15, 0.2) is 10.9 Å². The SMILES string of the molecule is CC1CCc2c(sc3nc(SCC(=O)c4ccc(Br)cc4)[nH]c(=O)c23)C1. The van der Waals surface area contributed by atoms with Crippen molar-refractivity contribution >= 4 is 55.0 Å². The first-order chi connectivity index (χ1) is 12.5. The molecule has 0 saturated heterocycles. The van der Waals surface area contributed by atoms with Crippen molar-refractivity contribution in [3.63, 3.8) is 0 Å². The number of H-pyrrole nitrogens is 1. The Morgan fingerprint density at radius 2 is 2.15 bits per heavy atom. The van der Waals surface area contributed by atoms with E-state index in [4.69, 9.17) is 0 Å². The van der Waals surface area contributed by atoms with Crippen LogP contribution in [0.2, 0.25) is 0 Å². The van der Waals surface area contributed by atoms with Gasteiger partial charge in [-0.3, -0.25) is 9.59 Å². The monoisotopic (exact) mass is 448 g/mol. The second-order valence-corrected chi connectivity index (χ2v) is 9.59. The predicted octanol–water partition coefficient (Wildman–Crippen LogP) is 4.85. The number of nitrogens with zero attached hydrogens (tertiary/aromatic N) is 1. The van der Waals surface area contributed by atoms with Crippen LogP contribution in [0.1, 0.15) is 34.1 Å². The summed E-state index contributed by atoms with van der Waals surface area (Å²) in [4.78, 5) is 34.5. The second kappa shape index (κ2) is 7.29. The summed E-state index contributed by atoms with van der Waals surface area (Å²) >= 11 is 6.28. The molecule has 4 nitrogen and oxygen atoms in total. The molecule has 2 aromatic heterocycles. The van der Waals surface area contributed by atoms with Crippen LogP contribution in [0.4, 0.5) is 0 Å². The molecule has 4 rings (SSSR count). The van der Waals surface area contributed by atoms with E-state index < -0.39 is 0 Å². The molecule has 0 aliphatic heterocycles. The maximum atomic E-state index is 12.6. The number of fused-ring (bicyclic) bond motifs is 3. The Labute approximate surface area is 167 Å². The zero-order valence-electron chi connectivity index (χ0n) is 14.2. The smallest absolute Gasteiger partial charge is 0.260 e. The Balaban J connectivity index is 1.57. The highest BCUT2D eigenvalue weighted by Crippen LogP contribution is 2.36. The molecule has 1 aromatic carbocycles. The lowest BCUT2D eigenvalue weighted by molar-refractivity contribution is 0.102. The van der Waals surface area contributed by atoms with Crippen LogP contribution in [-0.4, -0.2) is 21.5 Å². The maximum Gasteiger partial charge on any atom is 0.260 e. The highest BCUT2D eigenvalue weighted by Gasteiger charge is 2.23. The average molecular weight is 449 g/mol. The molecule has 1 aliphatic rings. The molecular weight excluding hydrogens is 432 g/mol. The van der Waals surface area contributed by atoms with Gasteiger partial charge in [-0.05, 0) is 42.9 Å². The number of aromatic amines is 1. The van der Waals surface area contributed by atoms with Crippen LogP contribution in [0, 0.1) is 5.92 Å². The summed E-state index contributed by atoms with van der Waals surface area (Å²) in [5, 5.41) is 1.26. The van der Waals surface area contributed by atoms with Gasteiger partial charge in [0.2, 0.25) is 0 Å². The van der Waals surface area contributed by atoms with E-state index in [1.54, 1.807) is 23.5 Å². The van der Waals surface area contributed by atoms with E-state index in [2.05, 4.69) is 32.8 Å². The summed E-state index contributed by atoms with van der Waals surface area (Å²) < 4.78 is 0.939. The van der Waals surface area contributed by atoms with Gasteiger partial charge >= 0.3 is 0 Å². The minimum atomic E-state index is -0.0827. The number of thioether (sulfide) groups is 1. The third-order valence-corrected chi connectivity index (χ3v) is 7.20. The van der Waals surface area contributed by atoms with Crippen molar-refractivity contribution in [2.75, 3.05) is 5.75 Å². The van der Waals surface area contributed by atoms with Gasteiger partial charge in [0.05, 0.1) is 11.1 Å². The number of Topliss-reactive ketones (excluding diaryl/α,β-unsaturated/α-hetero) is 1. The molecule has 134 valence electrons. The number of halogens is 1. The van der Waals surface area contributed by atoms with E-state index in [9.17, 15) is 9.59 Å². The topological polar surface area (TPSA) is 62.8 Å². The number of aromatic nitrogens is 2. The van der Waals surface area contributed by atoms with Crippen molar-refractivity contribution in [2.45, 2.75) is 31.3 Å². The Kier molecular flexibility index (Phi) is 5.03. The summed E-state index contributed by atoms with van der Waals surface area (Å²) in [6.07, 6.45) is 3.10. The van der Waals surface area contributed by atoms with E-state index in [0.29, 0.717) is 16.6 Å². The fraction of sp³-hybridized carbons (Fsp3) is 0.316. The lowest BCUT2D eigenvalue weighted by atomic mass is 9.89. The summed E-state index contributed by atoms with van der Waals surface area (Å²) in [7, 11) is 0. The van der Waals surface area contributed by atoms with Crippen molar-refractivity contribution in [1.29, 1.82) is 0 Å². The highest BCUT2D eigenvalue weighted by atomic mass is 79.9. The second-order valence-electron chi connectivity index (χ2n) is 6.62. The molecule has 0 fully saturated rings. The summed E-state index contributed by atoms with van der Waals surface area (Å²) in [6, 6.07) is 7.28. The van der Waals surface area contributed by atoms with Gasteiger partial charge < -0.3 is 4.98 Å². The zero-order chi connectivity index (χ0) is 18.3. The molecule has 0 bridgehead atoms. The summed E-state index contributed by atoms with van der Waals surface area (Å²) in [6.45, 7) is 2.25. The fourth-order valence-corrected chi connectivity index (χ4v) is 5.71. The van der Waals surface area contributed by atoms with Crippen LogP contribution in [0.25, 0.3) is 10.2 Å². The van der Waals surface area contributed by atoms with Crippen LogP contribution < -0.4 is 5.56 Å². The lowest BCUT2D eigenvalue weighted by Crippen LogP contribution is -2.13. The molecule has 2 heterocycles. The van der Waals surface area contributed by atoms with Crippen molar-refractivity contribution in [3.05, 3.63) is 55.1 Å². The molecule has 1 atom stereocenters. The molecular formula is C19H17BrN2O2S2. The van der Waals surface area contributed by atoms with Gasteiger partial charge in [0.25, 0.3) is 5.56 Å².